The molecule has 1 heterocycles. The van der Waals surface area contributed by atoms with E-state index in [-0.39, 0.29) is 0 Å². The molecule has 0 radical (unpaired) electrons. The lowest BCUT2D eigenvalue weighted by Crippen LogP contribution is -1.82. The van der Waals surface area contributed by atoms with E-state index < -0.39 is 10.7 Å². The van der Waals surface area contributed by atoms with Crippen molar-refractivity contribution in [3.8, 4) is 11.3 Å². The van der Waals surface area contributed by atoms with Gasteiger partial charge < -0.3 is 4.98 Å². The second-order valence-electron chi connectivity index (χ2n) is 2.89. The van der Waals surface area contributed by atoms with Crippen LogP contribution in [0.3, 0.4) is 0 Å². The molecule has 0 atom stereocenters. The Labute approximate surface area is 83.4 Å². The topological polar surface area (TPSA) is 49.9 Å². The minimum atomic E-state index is -2.50. The average Bonchev–Trinajstić information content (AvgIpc) is 2.71. The lowest BCUT2D eigenvalue weighted by Gasteiger charge is -1.98. The molecule has 14 heavy (non-hydrogen) atoms. The van der Waals surface area contributed by atoms with Gasteiger partial charge in [-0.2, -0.15) is 0 Å². The number of rotatable bonds is 2. The first kappa shape index (κ1) is 9.02. The molecule has 0 aliphatic carbocycles. The fourth-order valence-electron chi connectivity index (χ4n) is 1.30. The van der Waals surface area contributed by atoms with Gasteiger partial charge in [0.05, 0.1) is 4.90 Å². The molecular formula is C10H9NO2S. The highest BCUT2D eigenvalue weighted by molar-refractivity contribution is 7.72. The molecule has 1 aromatic carbocycles. The lowest BCUT2D eigenvalue weighted by molar-refractivity contribution is 0.614. The van der Waals surface area contributed by atoms with E-state index in [4.69, 9.17) is 0 Å². The van der Waals surface area contributed by atoms with E-state index in [0.29, 0.717) is 4.90 Å². The van der Waals surface area contributed by atoms with Crippen molar-refractivity contribution in [2.24, 2.45) is 0 Å². The van der Waals surface area contributed by atoms with Crippen LogP contribution in [0.4, 0.5) is 0 Å². The van der Waals surface area contributed by atoms with Crippen LogP contribution in [0.15, 0.2) is 47.5 Å². The van der Waals surface area contributed by atoms with Gasteiger partial charge in [0.1, 0.15) is 0 Å². The molecule has 0 bridgehead atoms. The maximum atomic E-state index is 10.7. The Morgan fingerprint density at radius 2 is 1.93 bits per heavy atom. The predicted octanol–water partition coefficient (Wildman–Crippen LogP) is 1.65. The van der Waals surface area contributed by atoms with E-state index in [1.165, 1.54) is 0 Å². The van der Waals surface area contributed by atoms with Gasteiger partial charge in [-0.1, -0.05) is 12.1 Å². The predicted molar refractivity (Wildman–Crippen MR) is 54.8 cm³/mol. The molecule has 0 aliphatic rings. The Bertz CT molecular complexity index is 493. The maximum Gasteiger partial charge on any atom is 0.168 e. The van der Waals surface area contributed by atoms with Gasteiger partial charge in [0, 0.05) is 11.9 Å². The summed E-state index contributed by atoms with van der Waals surface area (Å²) >= 11 is 0. The number of benzene rings is 1. The number of thiol groups is 1. The molecule has 2 aromatic rings. The molecule has 3 nitrogen and oxygen atoms in total. The highest BCUT2D eigenvalue weighted by atomic mass is 32.2. The first-order chi connectivity index (χ1) is 6.77. The van der Waals surface area contributed by atoms with Crippen LogP contribution in [0.1, 0.15) is 0 Å². The zero-order chi connectivity index (χ0) is 9.97. The fraction of sp³-hybridized carbons (Fsp3) is 0. The summed E-state index contributed by atoms with van der Waals surface area (Å²) in [5, 5.41) is 0. The van der Waals surface area contributed by atoms with Crippen molar-refractivity contribution in [3.05, 3.63) is 42.6 Å². The summed E-state index contributed by atoms with van der Waals surface area (Å²) in [6.07, 6.45) is 1.80. The summed E-state index contributed by atoms with van der Waals surface area (Å²) in [6, 6.07) is 10.6. The Hall–Kier alpha value is -1.55. The van der Waals surface area contributed by atoms with Crippen molar-refractivity contribution in [3.63, 3.8) is 0 Å². The van der Waals surface area contributed by atoms with E-state index in [9.17, 15) is 8.42 Å². The van der Waals surface area contributed by atoms with E-state index >= 15 is 0 Å². The van der Waals surface area contributed by atoms with E-state index in [2.05, 4.69) is 4.98 Å². The van der Waals surface area contributed by atoms with Gasteiger partial charge in [-0.25, -0.2) is 8.42 Å². The van der Waals surface area contributed by atoms with Crippen molar-refractivity contribution >= 4 is 10.7 Å². The Balaban J connectivity index is 2.51. The minimum Gasteiger partial charge on any atom is -0.361 e. The second-order valence-corrected chi connectivity index (χ2v) is 3.92. The zero-order valence-corrected chi connectivity index (χ0v) is 8.20. The zero-order valence-electron chi connectivity index (χ0n) is 7.31. The van der Waals surface area contributed by atoms with Crippen LogP contribution in [-0.4, -0.2) is 13.4 Å². The van der Waals surface area contributed by atoms with Crippen LogP contribution in [0.2, 0.25) is 0 Å². The summed E-state index contributed by atoms with van der Waals surface area (Å²) < 4.78 is 21.5. The van der Waals surface area contributed by atoms with Crippen LogP contribution in [0.5, 0.6) is 0 Å². The molecule has 0 unspecified atom stereocenters. The van der Waals surface area contributed by atoms with Crippen LogP contribution in [-0.2, 0) is 10.7 Å². The van der Waals surface area contributed by atoms with Gasteiger partial charge in [-0.15, -0.1) is 0 Å². The summed E-state index contributed by atoms with van der Waals surface area (Å²) in [4.78, 5) is 3.36. The highest BCUT2D eigenvalue weighted by Gasteiger charge is 2.00. The van der Waals surface area contributed by atoms with Crippen molar-refractivity contribution in [1.82, 2.24) is 4.98 Å². The minimum absolute atomic E-state index is 0.340. The van der Waals surface area contributed by atoms with Crippen LogP contribution in [0.25, 0.3) is 11.3 Å². The number of hydrogen-bond donors (Lipinski definition) is 2. The van der Waals surface area contributed by atoms with E-state index in [1.54, 1.807) is 24.4 Å². The van der Waals surface area contributed by atoms with Crippen LogP contribution >= 0.6 is 0 Å². The molecule has 0 spiro atoms. The Kier molecular flexibility index (Phi) is 2.37. The van der Waals surface area contributed by atoms with Gasteiger partial charge >= 0.3 is 0 Å². The molecule has 0 amide bonds. The smallest absolute Gasteiger partial charge is 0.168 e. The van der Waals surface area contributed by atoms with Gasteiger partial charge in [0.15, 0.2) is 10.7 Å². The van der Waals surface area contributed by atoms with Crippen molar-refractivity contribution in [1.29, 1.82) is 0 Å². The van der Waals surface area contributed by atoms with E-state index in [1.807, 2.05) is 18.2 Å². The van der Waals surface area contributed by atoms with Crippen LogP contribution in [0, 0.1) is 0 Å². The summed E-state index contributed by atoms with van der Waals surface area (Å²) in [6.45, 7) is 0. The van der Waals surface area contributed by atoms with Gasteiger partial charge in [0.2, 0.25) is 0 Å². The third-order valence-corrected chi connectivity index (χ3v) is 2.67. The standard InChI is InChI=1S/C10H9NO2S/c12-14(13)9-4-1-3-8(7-9)10-5-2-6-11-10/h1-7,11,14H. The molecule has 0 saturated heterocycles. The molecular weight excluding hydrogens is 198 g/mol. The van der Waals surface area contributed by atoms with Crippen molar-refractivity contribution in [2.75, 3.05) is 0 Å². The number of aromatic amines is 1. The first-order valence-electron chi connectivity index (χ1n) is 4.15. The molecule has 1 aromatic heterocycles. The van der Waals surface area contributed by atoms with Crippen molar-refractivity contribution in [2.45, 2.75) is 4.90 Å². The summed E-state index contributed by atoms with van der Waals surface area (Å²) in [7, 11) is -2.50. The maximum absolute atomic E-state index is 10.7. The fourth-order valence-corrected chi connectivity index (χ4v) is 1.75. The highest BCUT2D eigenvalue weighted by Crippen LogP contribution is 2.18. The SMILES string of the molecule is O=[SH](=O)c1cccc(-c2ccc[nH]2)c1. The molecule has 4 heteroatoms. The molecule has 2 rings (SSSR count). The first-order valence-corrected chi connectivity index (χ1v) is 5.33. The quantitative estimate of drug-likeness (QED) is 0.736. The van der Waals surface area contributed by atoms with E-state index in [0.717, 1.165) is 11.3 Å². The van der Waals surface area contributed by atoms with Crippen LogP contribution < -0.4 is 0 Å². The average molecular weight is 207 g/mol. The largest absolute Gasteiger partial charge is 0.361 e. The molecule has 0 aliphatic heterocycles. The number of H-pyrrole nitrogens is 1. The van der Waals surface area contributed by atoms with Crippen molar-refractivity contribution < 1.29 is 8.42 Å². The van der Waals surface area contributed by atoms with Gasteiger partial charge in [-0.3, -0.25) is 0 Å². The van der Waals surface area contributed by atoms with Gasteiger partial charge in [-0.05, 0) is 29.8 Å². The molecule has 1 N–H and O–H groups in total. The molecule has 0 fully saturated rings. The lowest BCUT2D eigenvalue weighted by atomic mass is 10.2. The Morgan fingerprint density at radius 3 is 2.57 bits per heavy atom. The number of nitrogens with one attached hydrogen (secondary N) is 1. The molecule has 0 saturated carbocycles. The number of hydrogen-bond acceptors (Lipinski definition) is 2. The third-order valence-electron chi connectivity index (χ3n) is 1.97. The number of aromatic nitrogens is 1. The normalized spacial score (nSPS) is 10.6. The summed E-state index contributed by atoms with van der Waals surface area (Å²) in [5.41, 5.74) is 1.80. The monoisotopic (exact) mass is 207 g/mol. The molecule has 72 valence electrons. The van der Waals surface area contributed by atoms with Gasteiger partial charge in [0.25, 0.3) is 0 Å². The second kappa shape index (κ2) is 3.67. The Morgan fingerprint density at radius 1 is 1.07 bits per heavy atom. The third kappa shape index (κ3) is 1.70. The summed E-state index contributed by atoms with van der Waals surface area (Å²) in [5.74, 6) is 0.